The summed E-state index contributed by atoms with van der Waals surface area (Å²) in [6, 6.07) is 4.47. The second kappa shape index (κ2) is 12.8. The van der Waals surface area contributed by atoms with Crippen molar-refractivity contribution in [2.75, 3.05) is 32.4 Å². The Morgan fingerprint density at radius 1 is 1.22 bits per heavy atom. The first-order chi connectivity index (χ1) is 17.8. The molecule has 2 N–H and O–H groups in total. The van der Waals surface area contributed by atoms with Crippen LogP contribution in [0.5, 0.6) is 11.5 Å². The van der Waals surface area contributed by atoms with E-state index in [4.69, 9.17) is 4.74 Å². The molecule has 3 rings (SSSR count). The molecule has 10 nitrogen and oxygen atoms in total. The second-order valence-corrected chi connectivity index (χ2v) is 8.65. The Bertz CT molecular complexity index is 1240. The fourth-order valence-electron chi connectivity index (χ4n) is 3.93. The lowest BCUT2D eigenvalue weighted by Crippen LogP contribution is -2.55. The first-order valence-electron chi connectivity index (χ1n) is 12.0. The quantitative estimate of drug-likeness (QED) is 0.253. The Kier molecular flexibility index (Phi) is 9.56. The molecule has 2 aromatic rings. The summed E-state index contributed by atoms with van der Waals surface area (Å²) in [6.45, 7) is 0.914. The van der Waals surface area contributed by atoms with Gasteiger partial charge in [-0.2, -0.15) is 0 Å². The zero-order valence-electron chi connectivity index (χ0n) is 20.9. The summed E-state index contributed by atoms with van der Waals surface area (Å²) in [5, 5.41) is 14.4. The van der Waals surface area contributed by atoms with Gasteiger partial charge in [-0.3, -0.25) is 19.2 Å². The number of hydrogen-bond donors (Lipinski definition) is 2. The molecule has 0 aliphatic carbocycles. The van der Waals surface area contributed by atoms with Crippen LogP contribution in [0.15, 0.2) is 41.3 Å². The van der Waals surface area contributed by atoms with Crippen LogP contribution in [0.4, 0.5) is 4.39 Å². The summed E-state index contributed by atoms with van der Waals surface area (Å²) >= 11 is 0. The van der Waals surface area contributed by atoms with Gasteiger partial charge in [0.1, 0.15) is 18.2 Å². The Balaban J connectivity index is 1.47. The third kappa shape index (κ3) is 6.62. The van der Waals surface area contributed by atoms with Crippen LogP contribution in [0.2, 0.25) is 0 Å². The van der Waals surface area contributed by atoms with E-state index in [9.17, 15) is 28.7 Å². The summed E-state index contributed by atoms with van der Waals surface area (Å²) in [6.07, 6.45) is 8.24. The highest BCUT2D eigenvalue weighted by molar-refractivity contribution is 5.99. The van der Waals surface area contributed by atoms with Crippen LogP contribution in [0.25, 0.3) is 0 Å². The number of nitrogens with zero attached hydrogens (tertiary/aromatic N) is 3. The number of benzene rings is 1. The number of carbonyl (C=O) groups is 3. The molecule has 2 amide bonds. The van der Waals surface area contributed by atoms with Gasteiger partial charge in [-0.15, -0.1) is 0 Å². The van der Waals surface area contributed by atoms with Crippen molar-refractivity contribution in [2.24, 2.45) is 0 Å². The van der Waals surface area contributed by atoms with Gasteiger partial charge in [-0.25, -0.2) is 14.1 Å². The summed E-state index contributed by atoms with van der Waals surface area (Å²) in [5.41, 5.74) is -0.766. The fourth-order valence-corrected chi connectivity index (χ4v) is 3.93. The van der Waals surface area contributed by atoms with Crippen LogP contribution in [-0.2, 0) is 11.3 Å². The number of nitrogens with one attached hydrogen (secondary N) is 1. The number of hydrogen-bond acceptors (Lipinski definition) is 7. The van der Waals surface area contributed by atoms with Gasteiger partial charge >= 0.3 is 0 Å². The number of pyridine rings is 1. The summed E-state index contributed by atoms with van der Waals surface area (Å²) < 4.78 is 20.3. The van der Waals surface area contributed by atoms with E-state index in [1.807, 2.05) is 19.2 Å². The predicted molar refractivity (Wildman–Crippen MR) is 135 cm³/mol. The molecule has 0 saturated carbocycles. The molecule has 1 aliphatic heterocycles. The van der Waals surface area contributed by atoms with Crippen molar-refractivity contribution in [2.45, 2.75) is 38.6 Å². The minimum Gasteiger partial charge on any atom is -0.502 e. The van der Waals surface area contributed by atoms with Crippen LogP contribution < -0.4 is 20.5 Å². The van der Waals surface area contributed by atoms with E-state index >= 15 is 0 Å². The minimum atomic E-state index is -0.955. The van der Waals surface area contributed by atoms with Gasteiger partial charge in [-0.1, -0.05) is 18.2 Å². The van der Waals surface area contributed by atoms with Crippen molar-refractivity contribution in [1.82, 2.24) is 14.9 Å². The van der Waals surface area contributed by atoms with Crippen molar-refractivity contribution in [3.05, 3.63) is 69.4 Å². The largest absolute Gasteiger partial charge is 0.502 e. The van der Waals surface area contributed by atoms with Crippen molar-refractivity contribution >= 4 is 18.1 Å². The Hall–Kier alpha value is -3.99. The average molecular weight is 515 g/mol. The fraction of sp³-hybridized carbons (Fsp3) is 0.385. The number of rotatable bonds is 12. The smallest absolute Gasteiger partial charge is 0.277 e. The summed E-state index contributed by atoms with van der Waals surface area (Å²) in [5.74, 6) is -1.62. The van der Waals surface area contributed by atoms with Crippen LogP contribution in [0.1, 0.15) is 58.5 Å². The highest BCUT2D eigenvalue weighted by atomic mass is 19.1. The summed E-state index contributed by atoms with van der Waals surface area (Å²) in [7, 11) is 3.26. The third-order valence-electron chi connectivity index (χ3n) is 5.88. The van der Waals surface area contributed by atoms with E-state index in [-0.39, 0.29) is 42.4 Å². The standard InChI is InChI=1S/C26H31FN4O6/c1-28-14-18-10-11-20(27)13-21(18)37-12-8-6-4-3-5-7-9-22(33)31-17-29(2)26(36)23-25(35)24(34)19(16-32)15-30(23)31/h4,6,10-11,13,15-16,28,35H,3,5,7-9,12,14,17H2,1-2H3/b6-4-. The van der Waals surface area contributed by atoms with Crippen LogP contribution in [0, 0.1) is 5.82 Å². The predicted octanol–water partition coefficient (Wildman–Crippen LogP) is 2.32. The van der Waals surface area contributed by atoms with Gasteiger partial charge in [-0.05, 0) is 38.8 Å². The number of unbranched alkanes of at least 4 members (excludes halogenated alkanes) is 2. The molecule has 198 valence electrons. The van der Waals surface area contributed by atoms with Crippen molar-refractivity contribution in [1.29, 1.82) is 0 Å². The first-order valence-corrected chi connectivity index (χ1v) is 12.0. The lowest BCUT2D eigenvalue weighted by molar-refractivity contribution is -0.120. The Morgan fingerprint density at radius 2 is 1.97 bits per heavy atom. The van der Waals surface area contributed by atoms with Gasteiger partial charge in [0.2, 0.25) is 11.3 Å². The molecule has 1 aliphatic rings. The normalized spacial score (nSPS) is 13.2. The van der Waals surface area contributed by atoms with Crippen LogP contribution in [-0.4, -0.2) is 60.2 Å². The number of halogens is 1. The van der Waals surface area contributed by atoms with E-state index < -0.39 is 17.1 Å². The lowest BCUT2D eigenvalue weighted by atomic mass is 10.1. The molecule has 0 atom stereocenters. The zero-order chi connectivity index (χ0) is 26.9. The highest BCUT2D eigenvalue weighted by Gasteiger charge is 2.33. The molecule has 1 aromatic heterocycles. The van der Waals surface area contributed by atoms with E-state index in [1.54, 1.807) is 6.07 Å². The molecule has 0 radical (unpaired) electrons. The number of amides is 2. The number of allylic oxidation sites excluding steroid dienone is 1. The molecule has 0 spiro atoms. The number of ether oxygens (including phenoxy) is 1. The number of aldehydes is 1. The topological polar surface area (TPSA) is 121 Å². The maximum atomic E-state index is 13.5. The zero-order valence-corrected chi connectivity index (χ0v) is 20.9. The Morgan fingerprint density at radius 3 is 2.70 bits per heavy atom. The molecule has 1 aromatic carbocycles. The molecule has 0 unspecified atom stereocenters. The third-order valence-corrected chi connectivity index (χ3v) is 5.88. The monoisotopic (exact) mass is 514 g/mol. The molecule has 0 bridgehead atoms. The van der Waals surface area contributed by atoms with Gasteiger partial charge in [0.25, 0.3) is 5.91 Å². The van der Waals surface area contributed by atoms with Gasteiger partial charge < -0.3 is 20.1 Å². The van der Waals surface area contributed by atoms with Crippen LogP contribution in [0.3, 0.4) is 0 Å². The maximum Gasteiger partial charge on any atom is 0.277 e. The molecule has 2 heterocycles. The molecule has 0 fully saturated rings. The van der Waals surface area contributed by atoms with Gasteiger partial charge in [0, 0.05) is 37.8 Å². The molecule has 0 saturated heterocycles. The van der Waals surface area contributed by atoms with E-state index in [0.29, 0.717) is 31.7 Å². The van der Waals surface area contributed by atoms with Crippen molar-refractivity contribution in [3.8, 4) is 11.5 Å². The van der Waals surface area contributed by atoms with Crippen LogP contribution >= 0.6 is 0 Å². The molecular formula is C26H31FN4O6. The van der Waals surface area contributed by atoms with Gasteiger partial charge in [0.05, 0.1) is 12.2 Å². The number of aromatic nitrogens is 1. The minimum absolute atomic E-state index is 0.0769. The maximum absolute atomic E-state index is 13.5. The highest BCUT2D eigenvalue weighted by Crippen LogP contribution is 2.22. The molecule has 37 heavy (non-hydrogen) atoms. The Labute approximate surface area is 213 Å². The number of carbonyl (C=O) groups excluding carboxylic acids is 3. The average Bonchev–Trinajstić information content (AvgIpc) is 2.88. The van der Waals surface area contributed by atoms with Crippen molar-refractivity contribution in [3.63, 3.8) is 0 Å². The van der Waals surface area contributed by atoms with E-state index in [0.717, 1.165) is 29.3 Å². The lowest BCUT2D eigenvalue weighted by Gasteiger charge is -2.36. The molecule has 11 heteroatoms. The molecular weight excluding hydrogens is 483 g/mol. The first kappa shape index (κ1) is 27.6. The van der Waals surface area contributed by atoms with Gasteiger partial charge in [0.15, 0.2) is 17.7 Å². The second-order valence-electron chi connectivity index (χ2n) is 8.65. The number of aromatic hydroxyl groups is 1. The SMILES string of the molecule is CNCc1ccc(F)cc1OCC/C=C\CCCCC(=O)N1CN(C)C(=O)c2c(O)c(=O)c(C=O)cn21. The summed E-state index contributed by atoms with van der Waals surface area (Å²) in [4.78, 5) is 49.8. The van der Waals surface area contributed by atoms with E-state index in [2.05, 4.69) is 5.32 Å². The number of fused-ring (bicyclic) bond motifs is 1. The van der Waals surface area contributed by atoms with E-state index in [1.165, 1.54) is 29.1 Å². The van der Waals surface area contributed by atoms with Crippen molar-refractivity contribution < 1.29 is 28.6 Å².